The van der Waals surface area contributed by atoms with Crippen LogP contribution in [0.1, 0.15) is 35.2 Å². The molecule has 0 radical (unpaired) electrons. The maximum Gasteiger partial charge on any atom is 0.256 e. The van der Waals surface area contributed by atoms with E-state index in [4.69, 9.17) is 23.2 Å². The number of nitrogens with zero attached hydrogens (tertiary/aromatic N) is 2. The van der Waals surface area contributed by atoms with Gasteiger partial charge in [-0.15, -0.1) is 0 Å². The van der Waals surface area contributed by atoms with Gasteiger partial charge in [-0.1, -0.05) is 41.4 Å². The number of halogens is 3. The van der Waals surface area contributed by atoms with Crippen LogP contribution >= 0.6 is 23.2 Å². The quantitative estimate of drug-likeness (QED) is 0.673. The highest BCUT2D eigenvalue weighted by Crippen LogP contribution is 2.23. The van der Waals surface area contributed by atoms with Crippen LogP contribution in [0.5, 0.6) is 0 Å². The number of carbonyl (C=O) groups is 2. The molecule has 0 aliphatic carbocycles. The average Bonchev–Trinajstić information content (AvgIpc) is 2.97. The largest absolute Gasteiger partial charge is 0.341 e. The summed E-state index contributed by atoms with van der Waals surface area (Å²) in [6.07, 6.45) is 2.57. The minimum absolute atomic E-state index is 0.0743. The van der Waals surface area contributed by atoms with Gasteiger partial charge in [0, 0.05) is 32.6 Å². The molecule has 0 spiro atoms. The number of hydrogen-bond donors (Lipinski definition) is 0. The van der Waals surface area contributed by atoms with E-state index in [-0.39, 0.29) is 17.4 Å². The Morgan fingerprint density at radius 2 is 1.66 bits per heavy atom. The summed E-state index contributed by atoms with van der Waals surface area (Å²) in [6, 6.07) is 11.5. The van der Waals surface area contributed by atoms with Crippen LogP contribution in [-0.4, -0.2) is 47.8 Å². The predicted octanol–water partition coefficient (Wildman–Crippen LogP) is 4.83. The summed E-state index contributed by atoms with van der Waals surface area (Å²) >= 11 is 11.9. The zero-order valence-corrected chi connectivity index (χ0v) is 17.6. The smallest absolute Gasteiger partial charge is 0.256 e. The van der Waals surface area contributed by atoms with Crippen LogP contribution in [-0.2, 0) is 11.2 Å². The van der Waals surface area contributed by atoms with Gasteiger partial charge in [0.05, 0.1) is 15.6 Å². The van der Waals surface area contributed by atoms with Gasteiger partial charge in [0.15, 0.2) is 0 Å². The van der Waals surface area contributed by atoms with Crippen LogP contribution < -0.4 is 0 Å². The fourth-order valence-electron chi connectivity index (χ4n) is 3.47. The van der Waals surface area contributed by atoms with Crippen molar-refractivity contribution in [3.63, 3.8) is 0 Å². The highest BCUT2D eigenvalue weighted by Gasteiger charge is 2.24. The molecule has 7 heteroatoms. The minimum Gasteiger partial charge on any atom is -0.341 e. The maximum absolute atomic E-state index is 13.9. The summed E-state index contributed by atoms with van der Waals surface area (Å²) in [5.74, 6) is -0.765. The van der Waals surface area contributed by atoms with E-state index in [1.807, 2.05) is 12.1 Å². The molecule has 2 aromatic carbocycles. The third-order valence-electron chi connectivity index (χ3n) is 5.08. The van der Waals surface area contributed by atoms with Gasteiger partial charge < -0.3 is 9.80 Å². The second kappa shape index (κ2) is 10.1. The topological polar surface area (TPSA) is 40.6 Å². The van der Waals surface area contributed by atoms with Crippen molar-refractivity contribution < 1.29 is 14.0 Å². The van der Waals surface area contributed by atoms with Crippen LogP contribution in [0.2, 0.25) is 10.0 Å². The lowest BCUT2D eigenvalue weighted by Crippen LogP contribution is -2.37. The number of amides is 2. The normalized spacial score (nSPS) is 14.6. The fourth-order valence-corrected chi connectivity index (χ4v) is 3.79. The second-order valence-electron chi connectivity index (χ2n) is 7.11. The van der Waals surface area contributed by atoms with Gasteiger partial charge in [0.2, 0.25) is 5.91 Å². The van der Waals surface area contributed by atoms with Crippen LogP contribution in [0.25, 0.3) is 0 Å². The van der Waals surface area contributed by atoms with Crippen molar-refractivity contribution in [2.24, 2.45) is 0 Å². The van der Waals surface area contributed by atoms with E-state index in [1.54, 1.807) is 28.0 Å². The molecule has 2 aromatic rings. The maximum atomic E-state index is 13.9. The van der Waals surface area contributed by atoms with Crippen molar-refractivity contribution in [3.05, 3.63) is 69.5 Å². The number of aryl methyl sites for hydroxylation is 1. The molecule has 4 nitrogen and oxygen atoms in total. The second-order valence-corrected chi connectivity index (χ2v) is 7.92. The molecule has 0 unspecified atom stereocenters. The zero-order valence-electron chi connectivity index (χ0n) is 16.0. The number of hydrogen-bond acceptors (Lipinski definition) is 2. The van der Waals surface area contributed by atoms with E-state index < -0.39 is 5.82 Å². The summed E-state index contributed by atoms with van der Waals surface area (Å²) in [5, 5.41) is 1.04. The van der Waals surface area contributed by atoms with Crippen molar-refractivity contribution in [3.8, 4) is 0 Å². The van der Waals surface area contributed by atoms with Crippen molar-refractivity contribution >= 4 is 35.0 Å². The summed E-state index contributed by atoms with van der Waals surface area (Å²) in [7, 11) is 0. The molecule has 1 fully saturated rings. The molecule has 1 aliphatic rings. The van der Waals surface area contributed by atoms with Crippen molar-refractivity contribution in [1.29, 1.82) is 0 Å². The lowest BCUT2D eigenvalue weighted by molar-refractivity contribution is -0.131. The third kappa shape index (κ3) is 5.71. The molecule has 1 saturated heterocycles. The average molecular weight is 437 g/mol. The molecule has 29 heavy (non-hydrogen) atoms. The van der Waals surface area contributed by atoms with E-state index in [9.17, 15) is 14.0 Å². The molecule has 0 bridgehead atoms. The molecule has 0 atom stereocenters. The van der Waals surface area contributed by atoms with E-state index in [0.29, 0.717) is 55.5 Å². The van der Waals surface area contributed by atoms with Crippen molar-refractivity contribution in [2.45, 2.75) is 25.7 Å². The SMILES string of the molecule is O=C(CCCc1ccc(Cl)c(Cl)c1)N1CCCN(C(=O)c2ccccc2F)CC1. The van der Waals surface area contributed by atoms with Gasteiger partial charge in [0.25, 0.3) is 5.91 Å². The van der Waals surface area contributed by atoms with Crippen molar-refractivity contribution in [1.82, 2.24) is 9.80 Å². The highest BCUT2D eigenvalue weighted by atomic mass is 35.5. The van der Waals surface area contributed by atoms with E-state index in [0.717, 1.165) is 12.0 Å². The Kier molecular flexibility index (Phi) is 7.51. The van der Waals surface area contributed by atoms with Crippen molar-refractivity contribution in [2.75, 3.05) is 26.2 Å². The third-order valence-corrected chi connectivity index (χ3v) is 5.82. The Hall–Kier alpha value is -2.11. The standard InChI is InChI=1S/C22H23Cl2FN2O2/c23-18-10-9-16(15-19(18)24)5-3-8-21(28)26-11-4-12-27(14-13-26)22(29)17-6-1-2-7-20(17)25/h1-2,6-7,9-10,15H,3-5,8,11-14H2. The van der Waals surface area contributed by atoms with Crippen LogP contribution in [0, 0.1) is 5.82 Å². The molecule has 3 rings (SSSR count). The Balaban J connectivity index is 1.49. The molecule has 0 N–H and O–H groups in total. The first-order valence-electron chi connectivity index (χ1n) is 9.71. The Labute approximate surface area is 180 Å². The molecule has 2 amide bonds. The zero-order chi connectivity index (χ0) is 20.8. The summed E-state index contributed by atoms with van der Waals surface area (Å²) in [4.78, 5) is 28.6. The summed E-state index contributed by atoms with van der Waals surface area (Å²) in [6.45, 7) is 1.99. The van der Waals surface area contributed by atoms with E-state index in [1.165, 1.54) is 12.1 Å². The molecule has 154 valence electrons. The molecule has 0 saturated carbocycles. The van der Waals surface area contributed by atoms with Crippen LogP contribution in [0.4, 0.5) is 4.39 Å². The van der Waals surface area contributed by atoms with Gasteiger partial charge in [-0.25, -0.2) is 4.39 Å². The Morgan fingerprint density at radius 3 is 2.41 bits per heavy atom. The highest BCUT2D eigenvalue weighted by molar-refractivity contribution is 6.42. The van der Waals surface area contributed by atoms with Gasteiger partial charge in [-0.2, -0.15) is 0 Å². The van der Waals surface area contributed by atoms with Gasteiger partial charge in [0.1, 0.15) is 5.82 Å². The number of carbonyl (C=O) groups excluding carboxylic acids is 2. The van der Waals surface area contributed by atoms with Crippen LogP contribution in [0.3, 0.4) is 0 Å². The first-order chi connectivity index (χ1) is 14.0. The van der Waals surface area contributed by atoms with E-state index >= 15 is 0 Å². The molecule has 1 heterocycles. The van der Waals surface area contributed by atoms with Gasteiger partial charge in [-0.3, -0.25) is 9.59 Å². The Morgan fingerprint density at radius 1 is 0.931 bits per heavy atom. The summed E-state index contributed by atoms with van der Waals surface area (Å²) in [5.41, 5.74) is 1.12. The molecular weight excluding hydrogens is 414 g/mol. The fraction of sp³-hybridized carbons (Fsp3) is 0.364. The van der Waals surface area contributed by atoms with Gasteiger partial charge in [-0.05, 0) is 49.1 Å². The minimum atomic E-state index is -0.517. The first-order valence-corrected chi connectivity index (χ1v) is 10.5. The summed E-state index contributed by atoms with van der Waals surface area (Å²) < 4.78 is 13.9. The number of benzene rings is 2. The first kappa shape index (κ1) is 21.6. The molecule has 1 aliphatic heterocycles. The molecular formula is C22H23Cl2FN2O2. The van der Waals surface area contributed by atoms with Crippen LogP contribution in [0.15, 0.2) is 42.5 Å². The monoisotopic (exact) mass is 436 g/mol. The lowest BCUT2D eigenvalue weighted by Gasteiger charge is -2.22. The number of rotatable bonds is 5. The van der Waals surface area contributed by atoms with E-state index in [2.05, 4.69) is 0 Å². The predicted molar refractivity (Wildman–Crippen MR) is 113 cm³/mol. The molecule has 0 aromatic heterocycles. The van der Waals surface area contributed by atoms with Gasteiger partial charge >= 0.3 is 0 Å². The Bertz CT molecular complexity index is 891. The lowest BCUT2D eigenvalue weighted by atomic mass is 10.1.